The van der Waals surface area contributed by atoms with Crippen molar-refractivity contribution in [2.24, 2.45) is 0 Å². The Morgan fingerprint density at radius 1 is 0.391 bits per heavy atom. The zero-order chi connectivity index (χ0) is 30.7. The summed E-state index contributed by atoms with van der Waals surface area (Å²) in [4.78, 5) is 0. The van der Waals surface area contributed by atoms with Gasteiger partial charge in [0.2, 0.25) is 0 Å². The first-order chi connectivity index (χ1) is 22.6. The van der Waals surface area contributed by atoms with Gasteiger partial charge >= 0.3 is 0 Å². The number of hydrogen-bond acceptors (Lipinski definition) is 3. The third-order valence-corrected chi connectivity index (χ3v) is 13.2. The summed E-state index contributed by atoms with van der Waals surface area (Å²) in [5, 5.41) is 6.97. The first kappa shape index (κ1) is 27.1. The molecule has 0 aliphatic rings. The molecule has 9 rings (SSSR count). The first-order valence-corrected chi connectivity index (χ1v) is 17.9. The maximum atomic E-state index is 15.1. The molecule has 0 bridgehead atoms. The molecule has 0 atom stereocenters. The van der Waals surface area contributed by atoms with E-state index in [-0.39, 0.29) is 0 Å². The molecule has 218 valence electrons. The van der Waals surface area contributed by atoms with Crippen LogP contribution in [0.3, 0.4) is 0 Å². The molecule has 2 nitrogen and oxygen atoms in total. The third kappa shape index (κ3) is 4.35. The van der Waals surface area contributed by atoms with Gasteiger partial charge in [-0.2, -0.15) is 0 Å². The maximum absolute atomic E-state index is 15.1. The maximum Gasteiger partial charge on any atom is 0.171 e. The van der Waals surface area contributed by atoms with Crippen LogP contribution in [-0.4, -0.2) is 0 Å². The molecule has 0 amide bonds. The highest BCUT2D eigenvalue weighted by molar-refractivity contribution is 7.85. The van der Waals surface area contributed by atoms with Crippen molar-refractivity contribution < 1.29 is 8.98 Å². The lowest BCUT2D eigenvalue weighted by Gasteiger charge is -2.20. The molecule has 0 saturated carbocycles. The Labute approximate surface area is 270 Å². The number of thiophene rings is 1. The minimum Gasteiger partial charge on any atom is -0.456 e. The van der Waals surface area contributed by atoms with Gasteiger partial charge in [-0.1, -0.05) is 109 Å². The molecule has 0 fully saturated rings. The summed E-state index contributed by atoms with van der Waals surface area (Å²) in [7, 11) is -3.12. The second-order valence-corrected chi connectivity index (χ2v) is 15.5. The van der Waals surface area contributed by atoms with Gasteiger partial charge in [0, 0.05) is 46.9 Å². The van der Waals surface area contributed by atoms with Crippen molar-refractivity contribution in [2.45, 2.75) is 0 Å². The molecule has 4 heteroatoms. The minimum atomic E-state index is -3.12. The van der Waals surface area contributed by atoms with Crippen LogP contribution in [0.5, 0.6) is 0 Å². The van der Waals surface area contributed by atoms with Gasteiger partial charge in [-0.05, 0) is 76.9 Å². The predicted octanol–water partition coefficient (Wildman–Crippen LogP) is 10.9. The van der Waals surface area contributed by atoms with Crippen LogP contribution in [0.1, 0.15) is 0 Å². The molecule has 0 aliphatic carbocycles. The second-order valence-electron chi connectivity index (χ2n) is 11.7. The van der Waals surface area contributed by atoms with Crippen molar-refractivity contribution in [1.29, 1.82) is 0 Å². The van der Waals surface area contributed by atoms with E-state index < -0.39 is 7.14 Å². The van der Waals surface area contributed by atoms with Crippen LogP contribution in [0, 0.1) is 0 Å². The zero-order valence-corrected chi connectivity index (χ0v) is 26.5. The standard InChI is InChI=1S/C42H27O2PS/c43-45(32-12-6-2-7-13-32,33-14-8-3-9-15-33)34-19-21-40-36(27-34)35-24-30(16-20-39(35)44-40)31-18-23-42-38(26-31)37-25-29(17-22-41(37)46-42)28-10-4-1-5-11-28/h1-27H. The first-order valence-electron chi connectivity index (χ1n) is 15.4. The quantitative estimate of drug-likeness (QED) is 0.178. The largest absolute Gasteiger partial charge is 0.456 e. The van der Waals surface area contributed by atoms with Crippen molar-refractivity contribution in [2.75, 3.05) is 0 Å². The van der Waals surface area contributed by atoms with Crippen LogP contribution in [0.25, 0.3) is 64.4 Å². The van der Waals surface area contributed by atoms with Gasteiger partial charge in [-0.15, -0.1) is 11.3 Å². The molecular formula is C42H27O2PS. The minimum absolute atomic E-state index is 0.788. The highest BCUT2D eigenvalue weighted by Gasteiger charge is 2.30. The molecule has 46 heavy (non-hydrogen) atoms. The van der Waals surface area contributed by atoms with E-state index in [0.29, 0.717) is 0 Å². The van der Waals surface area contributed by atoms with Crippen LogP contribution in [-0.2, 0) is 4.57 Å². The van der Waals surface area contributed by atoms with Gasteiger partial charge in [0.25, 0.3) is 0 Å². The highest BCUT2D eigenvalue weighted by Crippen LogP contribution is 2.44. The molecular weight excluding hydrogens is 600 g/mol. The molecule has 0 spiro atoms. The summed E-state index contributed by atoms with van der Waals surface area (Å²) in [5.41, 5.74) is 6.33. The van der Waals surface area contributed by atoms with Gasteiger partial charge in [0.05, 0.1) is 0 Å². The topological polar surface area (TPSA) is 30.2 Å². The Hall–Kier alpha value is -5.21. The van der Waals surface area contributed by atoms with Crippen molar-refractivity contribution in [1.82, 2.24) is 0 Å². The van der Waals surface area contributed by atoms with Crippen LogP contribution < -0.4 is 15.9 Å². The number of hydrogen-bond donors (Lipinski definition) is 0. The molecule has 0 radical (unpaired) electrons. The lowest BCUT2D eigenvalue weighted by Crippen LogP contribution is -2.24. The Morgan fingerprint density at radius 2 is 0.848 bits per heavy atom. The van der Waals surface area contributed by atoms with Gasteiger partial charge in [0.1, 0.15) is 11.2 Å². The lowest BCUT2D eigenvalue weighted by molar-refractivity contribution is 0.592. The summed E-state index contributed by atoms with van der Waals surface area (Å²) < 4.78 is 24.0. The van der Waals surface area contributed by atoms with Crippen LogP contribution in [0.4, 0.5) is 0 Å². The van der Waals surface area contributed by atoms with Crippen LogP contribution in [0.15, 0.2) is 168 Å². The third-order valence-electron chi connectivity index (χ3n) is 8.97. The van der Waals surface area contributed by atoms with Gasteiger partial charge in [-0.3, -0.25) is 0 Å². The second kappa shape index (κ2) is 10.7. The molecule has 0 saturated heterocycles. The van der Waals surface area contributed by atoms with Gasteiger partial charge in [-0.25, -0.2) is 0 Å². The van der Waals surface area contributed by atoms with E-state index in [4.69, 9.17) is 4.42 Å². The summed E-state index contributed by atoms with van der Waals surface area (Å²) >= 11 is 1.83. The van der Waals surface area contributed by atoms with Crippen LogP contribution >= 0.6 is 18.5 Å². The summed E-state index contributed by atoms with van der Waals surface area (Å²) in [6.45, 7) is 0. The fourth-order valence-corrected chi connectivity index (χ4v) is 10.4. The smallest absolute Gasteiger partial charge is 0.171 e. The summed E-state index contributed by atoms with van der Waals surface area (Å²) in [5.74, 6) is 0. The van der Waals surface area contributed by atoms with Crippen molar-refractivity contribution in [3.63, 3.8) is 0 Å². The number of rotatable bonds is 5. The van der Waals surface area contributed by atoms with Gasteiger partial charge in [0.15, 0.2) is 7.14 Å². The number of furan rings is 1. The number of fused-ring (bicyclic) bond motifs is 6. The Kier molecular flexibility index (Phi) is 6.31. The van der Waals surface area contributed by atoms with E-state index in [1.54, 1.807) is 0 Å². The lowest BCUT2D eigenvalue weighted by atomic mass is 9.99. The molecule has 2 aromatic heterocycles. The van der Waals surface area contributed by atoms with E-state index in [1.165, 1.54) is 31.3 Å². The van der Waals surface area contributed by atoms with E-state index in [1.807, 2.05) is 84.1 Å². The van der Waals surface area contributed by atoms with E-state index in [9.17, 15) is 0 Å². The van der Waals surface area contributed by atoms with Crippen LogP contribution in [0.2, 0.25) is 0 Å². The summed E-state index contributed by atoms with van der Waals surface area (Å²) in [6.07, 6.45) is 0. The van der Waals surface area contributed by atoms with E-state index in [0.717, 1.165) is 49.0 Å². The molecule has 2 heterocycles. The number of benzene rings is 7. The Morgan fingerprint density at radius 3 is 1.43 bits per heavy atom. The van der Waals surface area contributed by atoms with Gasteiger partial charge < -0.3 is 8.98 Å². The SMILES string of the molecule is O=P(c1ccccc1)(c1ccccc1)c1ccc2oc3ccc(-c4ccc5sc6ccc(-c7ccccc7)cc6c5c4)cc3c2c1. The predicted molar refractivity (Wildman–Crippen MR) is 197 cm³/mol. The normalized spacial score (nSPS) is 12.0. The van der Waals surface area contributed by atoms with Crippen molar-refractivity contribution in [3.05, 3.63) is 164 Å². The Bertz CT molecular complexity index is 2560. The highest BCUT2D eigenvalue weighted by atomic mass is 32.1. The monoisotopic (exact) mass is 626 g/mol. The molecule has 0 unspecified atom stereocenters. The Balaban J connectivity index is 1.19. The average molecular weight is 627 g/mol. The fraction of sp³-hybridized carbons (Fsp3) is 0. The van der Waals surface area contributed by atoms with Crippen molar-refractivity contribution in [3.8, 4) is 22.3 Å². The van der Waals surface area contributed by atoms with E-state index in [2.05, 4.69) is 91.0 Å². The van der Waals surface area contributed by atoms with Crippen molar-refractivity contribution >= 4 is 76.5 Å². The summed E-state index contributed by atoms with van der Waals surface area (Å²) in [6, 6.07) is 56.1. The molecule has 0 aliphatic heterocycles. The average Bonchev–Trinajstić information content (AvgIpc) is 3.69. The fourth-order valence-electron chi connectivity index (χ4n) is 6.63. The molecule has 0 N–H and O–H groups in total. The molecule has 7 aromatic carbocycles. The molecule has 9 aromatic rings. The zero-order valence-electron chi connectivity index (χ0n) is 24.8. The van der Waals surface area contributed by atoms with E-state index >= 15 is 4.57 Å².